The van der Waals surface area contributed by atoms with Crippen LogP contribution in [0.2, 0.25) is 0 Å². The molecular formula is C18H23NO5. The van der Waals surface area contributed by atoms with Gasteiger partial charge in [-0.25, -0.2) is 4.79 Å². The standard InChI is InChI=1S/C18H23NO5/c1-3-23-17(21)13-11-15(18(22)24-4-2)19-16(20)12-10-14-8-6-5-7-9-14/h5-10,12,15H,3-4,11,13H2,1-2H3,(H,19,20)/b12-10+/t15-/m0/s1. The van der Waals surface area contributed by atoms with Crippen LogP contribution >= 0.6 is 0 Å². The lowest BCUT2D eigenvalue weighted by Crippen LogP contribution is -2.41. The molecule has 6 heteroatoms. The fraction of sp³-hybridized carbons (Fsp3) is 0.389. The first-order chi connectivity index (χ1) is 11.6. The molecule has 1 atom stereocenters. The molecule has 130 valence electrons. The Morgan fingerprint density at radius 1 is 1.08 bits per heavy atom. The fourth-order valence-electron chi connectivity index (χ4n) is 1.94. The van der Waals surface area contributed by atoms with Gasteiger partial charge in [-0.2, -0.15) is 0 Å². The Kier molecular flexibility index (Phi) is 8.89. The summed E-state index contributed by atoms with van der Waals surface area (Å²) in [6.45, 7) is 3.86. The molecule has 0 spiro atoms. The van der Waals surface area contributed by atoms with E-state index in [0.29, 0.717) is 0 Å². The Balaban J connectivity index is 2.62. The normalized spacial score (nSPS) is 11.8. The van der Waals surface area contributed by atoms with E-state index in [2.05, 4.69) is 5.32 Å². The van der Waals surface area contributed by atoms with E-state index in [9.17, 15) is 14.4 Å². The van der Waals surface area contributed by atoms with Crippen molar-refractivity contribution in [2.24, 2.45) is 0 Å². The number of nitrogens with one attached hydrogen (secondary N) is 1. The second kappa shape index (κ2) is 11.0. The highest BCUT2D eigenvalue weighted by molar-refractivity contribution is 5.94. The zero-order valence-corrected chi connectivity index (χ0v) is 14.0. The zero-order valence-electron chi connectivity index (χ0n) is 14.0. The van der Waals surface area contributed by atoms with E-state index >= 15 is 0 Å². The highest BCUT2D eigenvalue weighted by atomic mass is 16.5. The topological polar surface area (TPSA) is 81.7 Å². The molecule has 1 aromatic rings. The summed E-state index contributed by atoms with van der Waals surface area (Å²) in [6, 6.07) is 8.42. The molecule has 0 fully saturated rings. The summed E-state index contributed by atoms with van der Waals surface area (Å²) in [5.74, 6) is -1.41. The van der Waals surface area contributed by atoms with Crippen molar-refractivity contribution in [3.05, 3.63) is 42.0 Å². The van der Waals surface area contributed by atoms with Crippen LogP contribution in [0.25, 0.3) is 6.08 Å². The first-order valence-corrected chi connectivity index (χ1v) is 7.92. The van der Waals surface area contributed by atoms with Gasteiger partial charge in [0.15, 0.2) is 0 Å². The first kappa shape index (κ1) is 19.4. The number of benzene rings is 1. The Labute approximate surface area is 141 Å². The number of hydrogen-bond acceptors (Lipinski definition) is 5. The predicted molar refractivity (Wildman–Crippen MR) is 89.9 cm³/mol. The van der Waals surface area contributed by atoms with E-state index in [1.807, 2.05) is 30.3 Å². The maximum absolute atomic E-state index is 12.0. The van der Waals surface area contributed by atoms with E-state index < -0.39 is 23.9 Å². The minimum atomic E-state index is -0.887. The summed E-state index contributed by atoms with van der Waals surface area (Å²) < 4.78 is 9.75. The number of ether oxygens (including phenoxy) is 2. The largest absolute Gasteiger partial charge is 0.466 e. The minimum absolute atomic E-state index is 0.0278. The molecule has 1 rings (SSSR count). The molecule has 0 unspecified atom stereocenters. The van der Waals surface area contributed by atoms with Crippen molar-refractivity contribution < 1.29 is 23.9 Å². The zero-order chi connectivity index (χ0) is 17.8. The van der Waals surface area contributed by atoms with Crippen LogP contribution in [0.5, 0.6) is 0 Å². The van der Waals surface area contributed by atoms with Crippen molar-refractivity contribution in [3.8, 4) is 0 Å². The lowest BCUT2D eigenvalue weighted by molar-refractivity contribution is -0.148. The minimum Gasteiger partial charge on any atom is -0.466 e. The molecule has 0 heterocycles. The maximum Gasteiger partial charge on any atom is 0.328 e. The van der Waals surface area contributed by atoms with Gasteiger partial charge in [0.2, 0.25) is 5.91 Å². The highest BCUT2D eigenvalue weighted by Crippen LogP contribution is 2.04. The monoisotopic (exact) mass is 333 g/mol. The molecule has 0 saturated carbocycles. The van der Waals surface area contributed by atoms with Gasteiger partial charge in [-0.1, -0.05) is 30.3 Å². The quantitative estimate of drug-likeness (QED) is 0.553. The molecule has 0 bridgehead atoms. The summed E-state index contributed by atoms with van der Waals surface area (Å²) in [4.78, 5) is 35.3. The van der Waals surface area contributed by atoms with Gasteiger partial charge < -0.3 is 14.8 Å². The summed E-state index contributed by atoms with van der Waals surface area (Å²) in [7, 11) is 0. The van der Waals surface area contributed by atoms with Crippen LogP contribution in [0, 0.1) is 0 Å². The lowest BCUT2D eigenvalue weighted by atomic mass is 10.1. The molecule has 1 amide bonds. The van der Waals surface area contributed by atoms with Gasteiger partial charge in [-0.05, 0) is 31.9 Å². The number of carbonyl (C=O) groups is 3. The fourth-order valence-corrected chi connectivity index (χ4v) is 1.94. The summed E-state index contributed by atoms with van der Waals surface area (Å²) in [5.41, 5.74) is 0.867. The number of carbonyl (C=O) groups excluding carboxylic acids is 3. The lowest BCUT2D eigenvalue weighted by Gasteiger charge is -2.15. The third-order valence-corrected chi connectivity index (χ3v) is 3.06. The van der Waals surface area contributed by atoms with Crippen LogP contribution in [0.3, 0.4) is 0 Å². The van der Waals surface area contributed by atoms with Gasteiger partial charge in [0, 0.05) is 12.5 Å². The average Bonchev–Trinajstić information content (AvgIpc) is 2.58. The molecule has 24 heavy (non-hydrogen) atoms. The van der Waals surface area contributed by atoms with Crippen molar-refractivity contribution >= 4 is 23.9 Å². The molecule has 1 N–H and O–H groups in total. The number of esters is 2. The molecule has 0 aliphatic heterocycles. The number of hydrogen-bond donors (Lipinski definition) is 1. The van der Waals surface area contributed by atoms with Crippen molar-refractivity contribution in [1.82, 2.24) is 5.32 Å². The summed E-state index contributed by atoms with van der Waals surface area (Å²) in [5, 5.41) is 2.56. The molecule has 0 aliphatic carbocycles. The number of amides is 1. The number of rotatable bonds is 9. The van der Waals surface area contributed by atoms with E-state index in [1.165, 1.54) is 6.08 Å². The van der Waals surface area contributed by atoms with Crippen molar-refractivity contribution in [3.63, 3.8) is 0 Å². The van der Waals surface area contributed by atoms with Crippen LogP contribution < -0.4 is 5.32 Å². The Morgan fingerprint density at radius 2 is 1.75 bits per heavy atom. The van der Waals surface area contributed by atoms with Gasteiger partial charge in [-0.15, -0.1) is 0 Å². The highest BCUT2D eigenvalue weighted by Gasteiger charge is 2.22. The molecule has 1 aromatic carbocycles. The predicted octanol–water partition coefficient (Wildman–Crippen LogP) is 2.09. The Bertz CT molecular complexity index is 568. The van der Waals surface area contributed by atoms with Crippen molar-refractivity contribution in [1.29, 1.82) is 0 Å². The van der Waals surface area contributed by atoms with Gasteiger partial charge in [0.05, 0.1) is 13.2 Å². The Morgan fingerprint density at radius 3 is 2.38 bits per heavy atom. The van der Waals surface area contributed by atoms with Crippen LogP contribution in [-0.2, 0) is 23.9 Å². The van der Waals surface area contributed by atoms with Crippen LogP contribution in [0.1, 0.15) is 32.3 Å². The SMILES string of the molecule is CCOC(=O)CC[C@H](NC(=O)/C=C/c1ccccc1)C(=O)OCC. The van der Waals surface area contributed by atoms with E-state index in [-0.39, 0.29) is 26.1 Å². The molecule has 0 saturated heterocycles. The van der Waals surface area contributed by atoms with Gasteiger partial charge in [-0.3, -0.25) is 9.59 Å². The maximum atomic E-state index is 12.0. The van der Waals surface area contributed by atoms with Gasteiger partial charge >= 0.3 is 11.9 Å². The molecule has 0 radical (unpaired) electrons. The second-order valence-corrected chi connectivity index (χ2v) is 4.90. The summed E-state index contributed by atoms with van der Waals surface area (Å²) in [6.07, 6.45) is 3.14. The molecule has 0 aromatic heterocycles. The first-order valence-electron chi connectivity index (χ1n) is 7.92. The summed E-state index contributed by atoms with van der Waals surface area (Å²) >= 11 is 0. The van der Waals surface area contributed by atoms with Gasteiger partial charge in [0.1, 0.15) is 6.04 Å². The third kappa shape index (κ3) is 7.58. The van der Waals surface area contributed by atoms with Gasteiger partial charge in [0.25, 0.3) is 0 Å². The van der Waals surface area contributed by atoms with Crippen molar-refractivity contribution in [2.75, 3.05) is 13.2 Å². The van der Waals surface area contributed by atoms with E-state index in [1.54, 1.807) is 19.9 Å². The second-order valence-electron chi connectivity index (χ2n) is 4.90. The van der Waals surface area contributed by atoms with Crippen LogP contribution in [0.15, 0.2) is 36.4 Å². The molecule has 0 aliphatic rings. The third-order valence-electron chi connectivity index (χ3n) is 3.06. The smallest absolute Gasteiger partial charge is 0.328 e. The van der Waals surface area contributed by atoms with Crippen molar-refractivity contribution in [2.45, 2.75) is 32.7 Å². The molecule has 6 nitrogen and oxygen atoms in total. The van der Waals surface area contributed by atoms with E-state index in [4.69, 9.17) is 9.47 Å². The Hall–Kier alpha value is -2.63. The van der Waals surface area contributed by atoms with E-state index in [0.717, 1.165) is 5.56 Å². The van der Waals surface area contributed by atoms with Crippen LogP contribution in [-0.4, -0.2) is 37.1 Å². The molecular weight excluding hydrogens is 310 g/mol. The average molecular weight is 333 g/mol. The van der Waals surface area contributed by atoms with Crippen LogP contribution in [0.4, 0.5) is 0 Å².